The fraction of sp³-hybridized carbons (Fsp3) is 0.727. The van der Waals surface area contributed by atoms with Gasteiger partial charge in [0.15, 0.2) is 11.0 Å². The summed E-state index contributed by atoms with van der Waals surface area (Å²) in [6.45, 7) is 3.22. The van der Waals surface area contributed by atoms with E-state index in [1.165, 1.54) is 0 Å². The van der Waals surface area contributed by atoms with Crippen molar-refractivity contribution in [2.75, 3.05) is 19.0 Å². The second-order valence-corrected chi connectivity index (χ2v) is 5.42. The number of thioether (sulfide) groups is 1. The highest BCUT2D eigenvalue weighted by Crippen LogP contribution is 2.30. The standard InChI is InChI=1S/C11H17N3O4S/c1-7(8-2-3-18-5-8)14-9(4-15)12-13-11(14)19-6-10(16)17/h7-8,15H,2-6H2,1H3,(H,16,17). The smallest absolute Gasteiger partial charge is 0.313 e. The van der Waals surface area contributed by atoms with E-state index in [0.29, 0.717) is 23.5 Å². The first kappa shape index (κ1) is 14.3. The molecule has 2 heterocycles. The lowest BCUT2D eigenvalue weighted by Gasteiger charge is -2.22. The molecular weight excluding hydrogens is 270 g/mol. The Morgan fingerprint density at radius 3 is 3.00 bits per heavy atom. The molecule has 2 unspecified atom stereocenters. The molecule has 1 aliphatic rings. The molecule has 106 valence electrons. The Bertz CT molecular complexity index is 445. The number of ether oxygens (including phenoxy) is 1. The minimum absolute atomic E-state index is 0.0720. The number of aliphatic carboxylic acids is 1. The summed E-state index contributed by atoms with van der Waals surface area (Å²) >= 11 is 1.12. The summed E-state index contributed by atoms with van der Waals surface area (Å²) in [6.07, 6.45) is 0.952. The summed E-state index contributed by atoms with van der Waals surface area (Å²) in [5.41, 5.74) is 0. The number of hydrogen-bond acceptors (Lipinski definition) is 6. The van der Waals surface area contributed by atoms with Gasteiger partial charge in [0.05, 0.1) is 12.4 Å². The van der Waals surface area contributed by atoms with E-state index in [1.807, 2.05) is 11.5 Å². The fourth-order valence-corrected chi connectivity index (χ4v) is 2.95. The Kier molecular flexibility index (Phi) is 4.78. The molecular formula is C11H17N3O4S. The van der Waals surface area contributed by atoms with Crippen molar-refractivity contribution in [2.24, 2.45) is 5.92 Å². The first-order valence-corrected chi connectivity index (χ1v) is 7.09. The van der Waals surface area contributed by atoms with E-state index in [1.54, 1.807) is 0 Å². The Morgan fingerprint density at radius 1 is 1.63 bits per heavy atom. The van der Waals surface area contributed by atoms with Crippen molar-refractivity contribution in [1.82, 2.24) is 14.8 Å². The maximum atomic E-state index is 10.6. The number of aromatic nitrogens is 3. The van der Waals surface area contributed by atoms with Crippen LogP contribution in [0.4, 0.5) is 0 Å². The third kappa shape index (κ3) is 3.26. The zero-order chi connectivity index (χ0) is 13.8. The highest BCUT2D eigenvalue weighted by Gasteiger charge is 2.27. The van der Waals surface area contributed by atoms with Crippen LogP contribution in [-0.2, 0) is 16.1 Å². The number of carboxylic acids is 1. The highest BCUT2D eigenvalue weighted by molar-refractivity contribution is 7.99. The molecule has 1 aromatic heterocycles. The van der Waals surface area contributed by atoms with Gasteiger partial charge in [-0.25, -0.2) is 0 Å². The Balaban J connectivity index is 2.19. The van der Waals surface area contributed by atoms with Crippen LogP contribution >= 0.6 is 11.8 Å². The molecule has 0 amide bonds. The van der Waals surface area contributed by atoms with Gasteiger partial charge in [-0.05, 0) is 13.3 Å². The highest BCUT2D eigenvalue weighted by atomic mass is 32.2. The lowest BCUT2D eigenvalue weighted by molar-refractivity contribution is -0.133. The van der Waals surface area contributed by atoms with Gasteiger partial charge in [0.2, 0.25) is 0 Å². The van der Waals surface area contributed by atoms with Crippen LogP contribution in [0.5, 0.6) is 0 Å². The molecule has 1 fully saturated rings. The van der Waals surface area contributed by atoms with E-state index in [0.717, 1.165) is 24.8 Å². The van der Waals surface area contributed by atoms with Crippen molar-refractivity contribution >= 4 is 17.7 Å². The maximum absolute atomic E-state index is 10.6. The number of carboxylic acid groups (broad SMARTS) is 1. The summed E-state index contributed by atoms with van der Waals surface area (Å²) in [5, 5.41) is 26.5. The lowest BCUT2D eigenvalue weighted by Crippen LogP contribution is -2.20. The topological polar surface area (TPSA) is 97.5 Å². The minimum Gasteiger partial charge on any atom is -0.481 e. The number of aliphatic hydroxyl groups excluding tert-OH is 1. The summed E-state index contributed by atoms with van der Waals surface area (Å²) in [4.78, 5) is 10.6. The Morgan fingerprint density at radius 2 is 2.42 bits per heavy atom. The molecule has 0 radical (unpaired) electrons. The Labute approximate surface area is 115 Å². The normalized spacial score (nSPS) is 20.6. The van der Waals surface area contributed by atoms with Gasteiger partial charge in [-0.2, -0.15) is 0 Å². The predicted octanol–water partition coefficient (Wildman–Crippen LogP) is 0.545. The molecule has 1 aliphatic heterocycles. The Hall–Kier alpha value is -1.12. The van der Waals surface area contributed by atoms with Gasteiger partial charge >= 0.3 is 5.97 Å². The second kappa shape index (κ2) is 6.36. The molecule has 0 aromatic carbocycles. The molecule has 8 heteroatoms. The van der Waals surface area contributed by atoms with E-state index < -0.39 is 5.97 Å². The molecule has 0 bridgehead atoms. The first-order valence-electron chi connectivity index (χ1n) is 6.10. The van der Waals surface area contributed by atoms with Crippen LogP contribution in [0.3, 0.4) is 0 Å². The molecule has 19 heavy (non-hydrogen) atoms. The summed E-state index contributed by atoms with van der Waals surface area (Å²) < 4.78 is 7.20. The second-order valence-electron chi connectivity index (χ2n) is 4.47. The number of carbonyl (C=O) groups is 1. The lowest BCUT2D eigenvalue weighted by atomic mass is 10.0. The minimum atomic E-state index is -0.901. The molecule has 7 nitrogen and oxygen atoms in total. The number of aliphatic hydroxyl groups is 1. The SMILES string of the molecule is CC(C1CCOC1)n1c(CO)nnc1SCC(=O)O. The van der Waals surface area contributed by atoms with Crippen molar-refractivity contribution in [1.29, 1.82) is 0 Å². The zero-order valence-corrected chi connectivity index (χ0v) is 11.5. The molecule has 2 N–H and O–H groups in total. The van der Waals surface area contributed by atoms with Crippen LogP contribution in [-0.4, -0.2) is 49.9 Å². The third-order valence-electron chi connectivity index (χ3n) is 3.26. The molecule has 1 saturated heterocycles. The summed E-state index contributed by atoms with van der Waals surface area (Å²) in [7, 11) is 0. The number of hydrogen-bond donors (Lipinski definition) is 2. The molecule has 2 rings (SSSR count). The van der Waals surface area contributed by atoms with E-state index in [2.05, 4.69) is 10.2 Å². The first-order chi connectivity index (χ1) is 9.13. The maximum Gasteiger partial charge on any atom is 0.313 e. The van der Waals surface area contributed by atoms with Crippen LogP contribution in [0.1, 0.15) is 25.2 Å². The van der Waals surface area contributed by atoms with E-state index in [4.69, 9.17) is 9.84 Å². The van der Waals surface area contributed by atoms with Gasteiger partial charge in [-0.1, -0.05) is 11.8 Å². The molecule has 0 saturated carbocycles. The summed E-state index contributed by atoms with van der Waals surface area (Å²) in [6, 6.07) is 0.0796. The number of rotatable bonds is 6. The van der Waals surface area contributed by atoms with Gasteiger partial charge in [0, 0.05) is 18.6 Å². The van der Waals surface area contributed by atoms with Gasteiger partial charge in [-0.15, -0.1) is 10.2 Å². The molecule has 1 aromatic rings. The van der Waals surface area contributed by atoms with E-state index in [-0.39, 0.29) is 18.4 Å². The van der Waals surface area contributed by atoms with Crippen LogP contribution < -0.4 is 0 Å². The predicted molar refractivity (Wildman–Crippen MR) is 67.9 cm³/mol. The molecule has 0 aliphatic carbocycles. The van der Waals surface area contributed by atoms with Crippen LogP contribution in [0.15, 0.2) is 5.16 Å². The van der Waals surface area contributed by atoms with Gasteiger partial charge in [-0.3, -0.25) is 4.79 Å². The molecule has 2 atom stereocenters. The van der Waals surface area contributed by atoms with E-state index >= 15 is 0 Å². The average molecular weight is 287 g/mol. The zero-order valence-electron chi connectivity index (χ0n) is 10.7. The van der Waals surface area contributed by atoms with Gasteiger partial charge < -0.3 is 19.5 Å². The van der Waals surface area contributed by atoms with Crippen molar-refractivity contribution in [3.8, 4) is 0 Å². The average Bonchev–Trinajstić information content (AvgIpc) is 3.04. The van der Waals surface area contributed by atoms with Crippen molar-refractivity contribution < 1.29 is 19.7 Å². The third-order valence-corrected chi connectivity index (χ3v) is 4.18. The van der Waals surface area contributed by atoms with Crippen molar-refractivity contribution in [3.63, 3.8) is 0 Å². The monoisotopic (exact) mass is 287 g/mol. The van der Waals surface area contributed by atoms with E-state index in [9.17, 15) is 9.90 Å². The van der Waals surface area contributed by atoms with Gasteiger partial charge in [0.25, 0.3) is 0 Å². The van der Waals surface area contributed by atoms with Gasteiger partial charge in [0.1, 0.15) is 6.61 Å². The van der Waals surface area contributed by atoms with Crippen molar-refractivity contribution in [3.05, 3.63) is 5.82 Å². The largest absolute Gasteiger partial charge is 0.481 e. The number of nitrogens with zero attached hydrogens (tertiary/aromatic N) is 3. The quantitative estimate of drug-likeness (QED) is 0.737. The van der Waals surface area contributed by atoms with Crippen LogP contribution in [0, 0.1) is 5.92 Å². The van der Waals surface area contributed by atoms with Crippen LogP contribution in [0.25, 0.3) is 0 Å². The van der Waals surface area contributed by atoms with Crippen molar-refractivity contribution in [2.45, 2.75) is 31.1 Å². The summed E-state index contributed by atoms with van der Waals surface area (Å²) in [5.74, 6) is -0.169. The molecule has 0 spiro atoms. The fourth-order valence-electron chi connectivity index (χ4n) is 2.19. The van der Waals surface area contributed by atoms with Crippen LogP contribution in [0.2, 0.25) is 0 Å².